The van der Waals surface area contributed by atoms with E-state index >= 15 is 0 Å². The molecular formula is C18H10F2N2OS. The molecule has 24 heavy (non-hydrogen) atoms. The second-order valence-electron chi connectivity index (χ2n) is 5.29. The van der Waals surface area contributed by atoms with Crippen molar-refractivity contribution in [1.82, 2.24) is 9.97 Å². The van der Waals surface area contributed by atoms with Gasteiger partial charge in [0.1, 0.15) is 17.3 Å². The number of carbonyl (C=O) groups excluding carboxylic acids is 1. The fourth-order valence-corrected chi connectivity index (χ4v) is 3.26. The number of rotatable bonds is 3. The van der Waals surface area contributed by atoms with Gasteiger partial charge >= 0.3 is 0 Å². The fourth-order valence-electron chi connectivity index (χ4n) is 2.59. The molecule has 0 aliphatic rings. The Bertz CT molecular complexity index is 1050. The number of benzene rings is 1. The molecule has 0 aliphatic heterocycles. The van der Waals surface area contributed by atoms with Gasteiger partial charge in [0.25, 0.3) is 0 Å². The van der Waals surface area contributed by atoms with Crippen LogP contribution in [0.25, 0.3) is 22.2 Å². The molecule has 0 saturated carbocycles. The third kappa shape index (κ3) is 2.41. The van der Waals surface area contributed by atoms with Crippen LogP contribution in [0, 0.1) is 11.6 Å². The van der Waals surface area contributed by atoms with Gasteiger partial charge in [0.15, 0.2) is 5.78 Å². The Morgan fingerprint density at radius 2 is 1.96 bits per heavy atom. The standard InChI is InChI=1S/C18H10F2N2OS/c19-12-1-2-16(20)14(6-12)17(23)15-8-22-18-13(15)5-11(7-21-18)10-3-4-24-9-10/h1-9H,(H,21,22). The van der Waals surface area contributed by atoms with Gasteiger partial charge in [-0.2, -0.15) is 11.3 Å². The molecule has 1 aromatic carbocycles. The highest BCUT2D eigenvalue weighted by Crippen LogP contribution is 2.27. The van der Waals surface area contributed by atoms with Gasteiger partial charge in [-0.05, 0) is 46.7 Å². The topological polar surface area (TPSA) is 45.8 Å². The number of fused-ring (bicyclic) bond motifs is 1. The van der Waals surface area contributed by atoms with Crippen molar-refractivity contribution < 1.29 is 13.6 Å². The summed E-state index contributed by atoms with van der Waals surface area (Å²) in [5, 5.41) is 4.50. The molecule has 0 radical (unpaired) electrons. The molecule has 118 valence electrons. The van der Waals surface area contributed by atoms with E-state index < -0.39 is 17.4 Å². The largest absolute Gasteiger partial charge is 0.345 e. The summed E-state index contributed by atoms with van der Waals surface area (Å²) in [4.78, 5) is 19.8. The first-order valence-corrected chi connectivity index (χ1v) is 8.07. The molecule has 0 amide bonds. The number of carbonyl (C=O) groups is 1. The van der Waals surface area contributed by atoms with Crippen LogP contribution in [0.3, 0.4) is 0 Å². The minimum Gasteiger partial charge on any atom is -0.345 e. The monoisotopic (exact) mass is 340 g/mol. The van der Waals surface area contributed by atoms with E-state index in [1.54, 1.807) is 17.5 Å². The number of halogens is 2. The van der Waals surface area contributed by atoms with E-state index in [1.807, 2.05) is 22.9 Å². The summed E-state index contributed by atoms with van der Waals surface area (Å²) in [6, 6.07) is 6.62. The summed E-state index contributed by atoms with van der Waals surface area (Å²) < 4.78 is 27.3. The zero-order valence-electron chi connectivity index (χ0n) is 12.2. The summed E-state index contributed by atoms with van der Waals surface area (Å²) in [5.41, 5.74) is 2.34. The van der Waals surface area contributed by atoms with Crippen LogP contribution in [0.2, 0.25) is 0 Å². The molecule has 0 saturated heterocycles. The van der Waals surface area contributed by atoms with E-state index in [2.05, 4.69) is 9.97 Å². The lowest BCUT2D eigenvalue weighted by atomic mass is 10.0. The zero-order chi connectivity index (χ0) is 16.7. The quantitative estimate of drug-likeness (QED) is 0.545. The van der Waals surface area contributed by atoms with E-state index in [-0.39, 0.29) is 11.1 Å². The van der Waals surface area contributed by atoms with Crippen LogP contribution in [0.15, 0.2) is 53.5 Å². The Balaban J connectivity index is 1.86. The lowest BCUT2D eigenvalue weighted by Crippen LogP contribution is -2.04. The van der Waals surface area contributed by atoms with Crippen LogP contribution in [-0.2, 0) is 0 Å². The van der Waals surface area contributed by atoms with Crippen LogP contribution in [0.4, 0.5) is 8.78 Å². The number of thiophene rings is 1. The van der Waals surface area contributed by atoms with Crippen molar-refractivity contribution in [3.63, 3.8) is 0 Å². The van der Waals surface area contributed by atoms with Gasteiger partial charge < -0.3 is 4.98 Å². The minimum atomic E-state index is -0.752. The number of nitrogens with zero attached hydrogens (tertiary/aromatic N) is 1. The first kappa shape index (κ1) is 14.7. The Kier molecular flexibility index (Phi) is 3.46. The lowest BCUT2D eigenvalue weighted by molar-refractivity contribution is 0.103. The molecule has 3 heterocycles. The molecule has 4 aromatic rings. The maximum absolute atomic E-state index is 13.9. The molecule has 4 rings (SSSR count). The van der Waals surface area contributed by atoms with Crippen LogP contribution >= 0.6 is 11.3 Å². The van der Waals surface area contributed by atoms with E-state index in [0.717, 1.165) is 29.3 Å². The van der Waals surface area contributed by atoms with Gasteiger partial charge in [0, 0.05) is 28.9 Å². The number of hydrogen-bond acceptors (Lipinski definition) is 3. The van der Waals surface area contributed by atoms with Crippen molar-refractivity contribution in [2.24, 2.45) is 0 Å². The van der Waals surface area contributed by atoms with Crippen molar-refractivity contribution in [1.29, 1.82) is 0 Å². The van der Waals surface area contributed by atoms with Crippen LogP contribution in [-0.4, -0.2) is 15.8 Å². The van der Waals surface area contributed by atoms with Crippen molar-refractivity contribution in [2.45, 2.75) is 0 Å². The number of hydrogen-bond donors (Lipinski definition) is 1. The molecule has 0 atom stereocenters. The van der Waals surface area contributed by atoms with Gasteiger partial charge in [-0.3, -0.25) is 4.79 Å². The molecule has 3 aromatic heterocycles. The fraction of sp³-hybridized carbons (Fsp3) is 0. The molecule has 0 bridgehead atoms. The van der Waals surface area contributed by atoms with E-state index in [4.69, 9.17) is 0 Å². The van der Waals surface area contributed by atoms with E-state index in [0.29, 0.717) is 11.0 Å². The van der Waals surface area contributed by atoms with Gasteiger partial charge in [-0.1, -0.05) is 0 Å². The summed E-state index contributed by atoms with van der Waals surface area (Å²) in [5.74, 6) is -1.99. The highest BCUT2D eigenvalue weighted by molar-refractivity contribution is 7.08. The average molecular weight is 340 g/mol. The van der Waals surface area contributed by atoms with Crippen molar-refractivity contribution in [2.75, 3.05) is 0 Å². The van der Waals surface area contributed by atoms with E-state index in [9.17, 15) is 13.6 Å². The normalized spacial score (nSPS) is 11.1. The van der Waals surface area contributed by atoms with Crippen molar-refractivity contribution >= 4 is 28.2 Å². The smallest absolute Gasteiger partial charge is 0.198 e. The van der Waals surface area contributed by atoms with Gasteiger partial charge in [0.2, 0.25) is 0 Å². The molecular weight excluding hydrogens is 330 g/mol. The number of aromatic amines is 1. The second kappa shape index (κ2) is 5.65. The Hall–Kier alpha value is -2.86. The van der Waals surface area contributed by atoms with Gasteiger partial charge in [-0.15, -0.1) is 0 Å². The Morgan fingerprint density at radius 3 is 2.75 bits per heavy atom. The highest BCUT2D eigenvalue weighted by Gasteiger charge is 2.19. The third-order valence-electron chi connectivity index (χ3n) is 3.80. The molecule has 6 heteroatoms. The lowest BCUT2D eigenvalue weighted by Gasteiger charge is -2.03. The zero-order valence-corrected chi connectivity index (χ0v) is 13.0. The van der Waals surface area contributed by atoms with Crippen molar-refractivity contribution in [3.05, 3.63) is 76.2 Å². The Morgan fingerprint density at radius 1 is 1.08 bits per heavy atom. The third-order valence-corrected chi connectivity index (χ3v) is 4.49. The maximum Gasteiger partial charge on any atom is 0.198 e. The molecule has 0 fully saturated rings. The van der Waals surface area contributed by atoms with Gasteiger partial charge in [0.05, 0.1) is 5.56 Å². The van der Waals surface area contributed by atoms with Crippen molar-refractivity contribution in [3.8, 4) is 11.1 Å². The SMILES string of the molecule is O=C(c1cc(F)ccc1F)c1c[nH]c2ncc(-c3ccsc3)cc12. The maximum atomic E-state index is 13.9. The van der Waals surface area contributed by atoms with Crippen LogP contribution < -0.4 is 0 Å². The number of pyridine rings is 1. The summed E-state index contributed by atoms with van der Waals surface area (Å²) in [7, 11) is 0. The first-order valence-electron chi connectivity index (χ1n) is 7.13. The van der Waals surface area contributed by atoms with E-state index in [1.165, 1.54) is 6.20 Å². The molecule has 3 nitrogen and oxygen atoms in total. The highest BCUT2D eigenvalue weighted by atomic mass is 32.1. The number of ketones is 1. The molecule has 0 unspecified atom stereocenters. The summed E-state index contributed by atoms with van der Waals surface area (Å²) in [6.45, 7) is 0. The van der Waals surface area contributed by atoms with Gasteiger partial charge in [-0.25, -0.2) is 13.8 Å². The number of H-pyrrole nitrogens is 1. The number of nitrogens with one attached hydrogen (secondary N) is 1. The Labute approximate surface area is 139 Å². The first-order chi connectivity index (χ1) is 11.6. The molecule has 0 spiro atoms. The summed E-state index contributed by atoms with van der Waals surface area (Å²) in [6.07, 6.45) is 3.18. The molecule has 1 N–H and O–H groups in total. The van der Waals surface area contributed by atoms with Crippen LogP contribution in [0.5, 0.6) is 0 Å². The second-order valence-corrected chi connectivity index (χ2v) is 6.07. The predicted molar refractivity (Wildman–Crippen MR) is 89.2 cm³/mol. The predicted octanol–water partition coefficient (Wildman–Crippen LogP) is 4.80. The number of aromatic nitrogens is 2. The average Bonchev–Trinajstić information content (AvgIpc) is 3.25. The van der Waals surface area contributed by atoms with Crippen LogP contribution in [0.1, 0.15) is 15.9 Å². The minimum absolute atomic E-state index is 0.263. The summed E-state index contributed by atoms with van der Waals surface area (Å²) >= 11 is 1.56. The molecule has 0 aliphatic carbocycles.